The van der Waals surface area contributed by atoms with Gasteiger partial charge in [0.2, 0.25) is 15.9 Å². The van der Waals surface area contributed by atoms with Gasteiger partial charge in [-0.1, -0.05) is 18.2 Å². The van der Waals surface area contributed by atoms with E-state index in [0.717, 1.165) is 11.1 Å². The lowest BCUT2D eigenvalue weighted by Crippen LogP contribution is -2.43. The molecule has 2 aromatic carbocycles. The van der Waals surface area contributed by atoms with E-state index in [-0.39, 0.29) is 22.3 Å². The summed E-state index contributed by atoms with van der Waals surface area (Å²) in [7, 11) is -1.96. The normalized spacial score (nSPS) is 12.6. The van der Waals surface area contributed by atoms with Crippen molar-refractivity contribution in [3.8, 4) is 11.5 Å². The summed E-state index contributed by atoms with van der Waals surface area (Å²) in [5, 5.41) is 7.93. The van der Waals surface area contributed by atoms with Crippen LogP contribution in [0.4, 0.5) is 8.78 Å². The molecule has 0 saturated carbocycles. The first-order chi connectivity index (χ1) is 15.5. The number of carbonyl (C=O) groups excluding carboxylic acids is 1. The summed E-state index contributed by atoms with van der Waals surface area (Å²) in [4.78, 5) is 14.4. The highest BCUT2D eigenvalue weighted by atomic mass is 32.2. The molecule has 33 heavy (non-hydrogen) atoms. The van der Waals surface area contributed by atoms with Gasteiger partial charge in [-0.25, -0.2) is 13.6 Å². The van der Waals surface area contributed by atoms with Gasteiger partial charge in [-0.15, -0.1) is 0 Å². The average molecular weight is 486 g/mol. The zero-order valence-electron chi connectivity index (χ0n) is 18.8. The van der Waals surface area contributed by atoms with Gasteiger partial charge >= 0.3 is 6.61 Å². The van der Waals surface area contributed by atoms with Crippen LogP contribution in [0.25, 0.3) is 0 Å². The minimum absolute atomic E-state index is 0.0341. The molecule has 0 aromatic heterocycles. The van der Waals surface area contributed by atoms with E-state index in [1.165, 1.54) is 18.2 Å². The predicted octanol–water partition coefficient (Wildman–Crippen LogP) is 2.51. The molecule has 0 heterocycles. The van der Waals surface area contributed by atoms with Crippen LogP contribution >= 0.6 is 0 Å². The molecule has 11 heteroatoms. The Hall–Kier alpha value is -2.76. The molecule has 8 nitrogen and oxygen atoms in total. The highest BCUT2D eigenvalue weighted by molar-refractivity contribution is 7.89. The number of amides is 1. The van der Waals surface area contributed by atoms with Gasteiger partial charge in [0.15, 0.2) is 11.5 Å². The summed E-state index contributed by atoms with van der Waals surface area (Å²) in [6.07, 6.45) is 0.524. The molecule has 0 aliphatic carbocycles. The molecular formula is C22H29F2N3O5S. The first kappa shape index (κ1) is 26.5. The van der Waals surface area contributed by atoms with E-state index in [1.54, 1.807) is 45.2 Å². The van der Waals surface area contributed by atoms with Crippen LogP contribution in [0.3, 0.4) is 0 Å². The Morgan fingerprint density at radius 2 is 1.76 bits per heavy atom. The lowest BCUT2D eigenvalue weighted by Gasteiger charge is -2.24. The van der Waals surface area contributed by atoms with Crippen molar-refractivity contribution in [3.63, 3.8) is 0 Å². The number of hydrogen-bond donors (Lipinski definition) is 2. The zero-order valence-corrected chi connectivity index (χ0v) is 19.6. The van der Waals surface area contributed by atoms with Crippen molar-refractivity contribution in [3.05, 3.63) is 53.6 Å². The third-order valence-corrected chi connectivity index (χ3v) is 5.89. The smallest absolute Gasteiger partial charge is 0.387 e. The second-order valence-electron chi connectivity index (χ2n) is 7.41. The monoisotopic (exact) mass is 485 g/mol. The van der Waals surface area contributed by atoms with Gasteiger partial charge in [0.05, 0.1) is 17.5 Å². The lowest BCUT2D eigenvalue weighted by molar-refractivity contribution is -0.125. The third-order valence-electron chi connectivity index (χ3n) is 4.96. The number of nitrogens with zero attached hydrogens (tertiary/aromatic N) is 1. The van der Waals surface area contributed by atoms with Crippen molar-refractivity contribution >= 4 is 15.9 Å². The first-order valence-electron chi connectivity index (χ1n) is 10.3. The van der Waals surface area contributed by atoms with E-state index in [1.807, 2.05) is 4.90 Å². The van der Waals surface area contributed by atoms with E-state index in [9.17, 15) is 22.0 Å². The van der Waals surface area contributed by atoms with Gasteiger partial charge in [0.1, 0.15) is 0 Å². The Morgan fingerprint density at radius 1 is 1.12 bits per heavy atom. The maximum atomic E-state index is 12.6. The van der Waals surface area contributed by atoms with Gasteiger partial charge in [-0.3, -0.25) is 9.69 Å². The van der Waals surface area contributed by atoms with Crippen LogP contribution in [0, 0.1) is 0 Å². The number of ether oxygens (including phenoxy) is 2. The van der Waals surface area contributed by atoms with Crippen LogP contribution in [0.1, 0.15) is 25.0 Å². The van der Waals surface area contributed by atoms with Crippen LogP contribution in [0.5, 0.6) is 11.5 Å². The van der Waals surface area contributed by atoms with E-state index in [2.05, 4.69) is 10.1 Å². The standard InChI is InChI=1S/C22H29F2N3O5S/c1-4-31-20-13-17(7-10-19(20)32-22(23)24)14-27(3)15(2)21(28)26-12-11-16-5-8-18(9-6-16)33(25,29)30/h5-10,13,15,22H,4,11-12,14H2,1-3H3,(H,26,28)(H2,25,29,30). The number of primary sulfonamides is 1. The molecule has 2 aromatic rings. The minimum Gasteiger partial charge on any atom is -0.490 e. The van der Waals surface area contributed by atoms with E-state index >= 15 is 0 Å². The van der Waals surface area contributed by atoms with Crippen molar-refractivity contribution in [1.29, 1.82) is 0 Å². The molecule has 1 amide bonds. The molecule has 0 aliphatic heterocycles. The number of likely N-dealkylation sites (N-methyl/N-ethyl adjacent to an activating group) is 1. The van der Waals surface area contributed by atoms with Gasteiger partial charge in [0.25, 0.3) is 0 Å². The summed E-state index contributed by atoms with van der Waals surface area (Å²) in [6.45, 7) is 1.61. The van der Waals surface area contributed by atoms with E-state index in [0.29, 0.717) is 26.1 Å². The van der Waals surface area contributed by atoms with Crippen molar-refractivity contribution in [2.24, 2.45) is 5.14 Å². The fourth-order valence-corrected chi connectivity index (χ4v) is 3.58. The molecule has 0 radical (unpaired) electrons. The van der Waals surface area contributed by atoms with Gasteiger partial charge in [-0.2, -0.15) is 8.78 Å². The molecule has 182 valence electrons. The molecule has 0 fully saturated rings. The summed E-state index contributed by atoms with van der Waals surface area (Å²) < 4.78 is 57.6. The number of rotatable bonds is 12. The highest BCUT2D eigenvalue weighted by Gasteiger charge is 2.19. The third kappa shape index (κ3) is 8.26. The Bertz CT molecular complexity index is 1030. The van der Waals surface area contributed by atoms with Gasteiger partial charge < -0.3 is 14.8 Å². The Balaban J connectivity index is 1.90. The van der Waals surface area contributed by atoms with E-state index < -0.39 is 22.7 Å². The number of halogens is 2. The molecule has 0 aliphatic rings. The Morgan fingerprint density at radius 3 is 2.33 bits per heavy atom. The fourth-order valence-electron chi connectivity index (χ4n) is 3.06. The zero-order chi connectivity index (χ0) is 24.6. The molecule has 0 spiro atoms. The molecule has 1 atom stereocenters. The Labute approximate surface area is 192 Å². The van der Waals surface area contributed by atoms with Crippen molar-refractivity contribution in [2.75, 3.05) is 20.2 Å². The van der Waals surface area contributed by atoms with Crippen molar-refractivity contribution in [2.45, 2.75) is 44.4 Å². The quantitative estimate of drug-likeness (QED) is 0.478. The van der Waals surface area contributed by atoms with Gasteiger partial charge in [-0.05, 0) is 62.7 Å². The molecule has 0 saturated heterocycles. The van der Waals surface area contributed by atoms with Crippen LogP contribution < -0.4 is 19.9 Å². The summed E-state index contributed by atoms with van der Waals surface area (Å²) in [5.41, 5.74) is 1.63. The summed E-state index contributed by atoms with van der Waals surface area (Å²) >= 11 is 0. The number of sulfonamides is 1. The number of alkyl halides is 2. The summed E-state index contributed by atoms with van der Waals surface area (Å²) in [6, 6.07) is 10.4. The second-order valence-corrected chi connectivity index (χ2v) is 8.98. The maximum Gasteiger partial charge on any atom is 0.387 e. The molecular weight excluding hydrogens is 456 g/mol. The fraction of sp³-hybridized carbons (Fsp3) is 0.409. The number of nitrogens with one attached hydrogen (secondary N) is 1. The van der Waals surface area contributed by atoms with Crippen molar-refractivity contribution < 1.29 is 31.5 Å². The largest absolute Gasteiger partial charge is 0.490 e. The SMILES string of the molecule is CCOc1cc(CN(C)C(C)C(=O)NCCc2ccc(S(N)(=O)=O)cc2)ccc1OC(F)F. The molecule has 3 N–H and O–H groups in total. The number of nitrogens with two attached hydrogens (primary N) is 1. The topological polar surface area (TPSA) is 111 Å². The van der Waals surface area contributed by atoms with Crippen LogP contribution in [-0.4, -0.2) is 52.1 Å². The van der Waals surface area contributed by atoms with Gasteiger partial charge in [0, 0.05) is 13.1 Å². The molecule has 1 unspecified atom stereocenters. The average Bonchev–Trinajstić information content (AvgIpc) is 2.74. The van der Waals surface area contributed by atoms with Crippen LogP contribution in [0.2, 0.25) is 0 Å². The Kier molecular flexibility index (Phi) is 9.56. The lowest BCUT2D eigenvalue weighted by atomic mass is 10.1. The second kappa shape index (κ2) is 11.9. The molecule has 0 bridgehead atoms. The number of carbonyl (C=O) groups is 1. The van der Waals surface area contributed by atoms with Crippen LogP contribution in [0.15, 0.2) is 47.4 Å². The van der Waals surface area contributed by atoms with Crippen LogP contribution in [-0.2, 0) is 27.8 Å². The van der Waals surface area contributed by atoms with Crippen molar-refractivity contribution in [1.82, 2.24) is 10.2 Å². The minimum atomic E-state index is -3.74. The number of hydrogen-bond acceptors (Lipinski definition) is 6. The maximum absolute atomic E-state index is 12.6. The highest BCUT2D eigenvalue weighted by Crippen LogP contribution is 2.30. The predicted molar refractivity (Wildman–Crippen MR) is 120 cm³/mol. The molecule has 2 rings (SSSR count). The summed E-state index contributed by atoms with van der Waals surface area (Å²) in [5.74, 6) is -0.00302. The van der Waals surface area contributed by atoms with E-state index in [4.69, 9.17) is 9.88 Å². The first-order valence-corrected chi connectivity index (χ1v) is 11.9. The number of benzene rings is 2.